The van der Waals surface area contributed by atoms with Gasteiger partial charge in [-0.25, -0.2) is 0 Å². The van der Waals surface area contributed by atoms with Crippen LogP contribution in [-0.2, 0) is 9.59 Å². The minimum Gasteiger partial charge on any atom is -0.350 e. The molecule has 1 aliphatic carbocycles. The van der Waals surface area contributed by atoms with Gasteiger partial charge in [0.05, 0.1) is 6.54 Å². The van der Waals surface area contributed by atoms with E-state index in [-0.39, 0.29) is 24.4 Å². The molecule has 0 radical (unpaired) electrons. The van der Waals surface area contributed by atoms with Crippen molar-refractivity contribution < 1.29 is 9.59 Å². The van der Waals surface area contributed by atoms with Gasteiger partial charge in [-0.05, 0) is 30.9 Å². The molecule has 0 aromatic heterocycles. The number of hydrogen-bond donors (Lipinski definition) is 2. The number of carbonyl (C=O) groups is 2. The topological polar surface area (TPSA) is 61.4 Å². The third-order valence-corrected chi connectivity index (χ3v) is 5.58. The summed E-state index contributed by atoms with van der Waals surface area (Å²) in [6.07, 6.45) is 12.2. The van der Waals surface area contributed by atoms with Crippen LogP contribution < -0.4 is 10.6 Å². The summed E-state index contributed by atoms with van der Waals surface area (Å²) in [5.74, 6) is -0.357. The smallest absolute Gasteiger partial charge is 0.244 e. The zero-order valence-electron chi connectivity index (χ0n) is 16.0. The lowest BCUT2D eigenvalue weighted by Gasteiger charge is -2.26. The Kier molecular flexibility index (Phi) is 7.45. The Morgan fingerprint density at radius 1 is 1.04 bits per heavy atom. The van der Waals surface area contributed by atoms with E-state index in [0.717, 1.165) is 25.1 Å². The van der Waals surface area contributed by atoms with E-state index in [0.29, 0.717) is 6.04 Å². The lowest BCUT2D eigenvalue weighted by Crippen LogP contribution is -2.43. The van der Waals surface area contributed by atoms with Crippen LogP contribution in [0.3, 0.4) is 0 Å². The predicted octanol–water partition coefficient (Wildman–Crippen LogP) is 2.73. The molecule has 1 atom stereocenters. The van der Waals surface area contributed by atoms with Gasteiger partial charge in [0.25, 0.3) is 0 Å². The first kappa shape index (κ1) is 19.6. The Morgan fingerprint density at radius 2 is 1.78 bits per heavy atom. The van der Waals surface area contributed by atoms with Crippen molar-refractivity contribution in [2.24, 2.45) is 0 Å². The van der Waals surface area contributed by atoms with Crippen molar-refractivity contribution >= 4 is 17.9 Å². The molecular formula is C22H31N3O2. The summed E-state index contributed by atoms with van der Waals surface area (Å²) in [6.45, 7) is 2.04. The third kappa shape index (κ3) is 6.51. The van der Waals surface area contributed by atoms with E-state index in [2.05, 4.69) is 15.5 Å². The fourth-order valence-corrected chi connectivity index (χ4v) is 4.10. The highest BCUT2D eigenvalue weighted by molar-refractivity contribution is 5.94. The number of hydrogen-bond acceptors (Lipinski definition) is 3. The number of amides is 2. The molecule has 1 saturated carbocycles. The van der Waals surface area contributed by atoms with Crippen molar-refractivity contribution in [2.75, 3.05) is 19.6 Å². The summed E-state index contributed by atoms with van der Waals surface area (Å²) in [7, 11) is 0. The van der Waals surface area contributed by atoms with Gasteiger partial charge in [-0.2, -0.15) is 0 Å². The van der Waals surface area contributed by atoms with Gasteiger partial charge in [-0.3, -0.25) is 14.5 Å². The van der Waals surface area contributed by atoms with Gasteiger partial charge in [0.15, 0.2) is 0 Å². The van der Waals surface area contributed by atoms with Crippen molar-refractivity contribution in [3.8, 4) is 0 Å². The molecule has 1 aromatic carbocycles. The van der Waals surface area contributed by atoms with Crippen LogP contribution in [-0.4, -0.2) is 48.4 Å². The summed E-state index contributed by atoms with van der Waals surface area (Å²) in [5.41, 5.74) is 0.960. The van der Waals surface area contributed by atoms with E-state index in [1.165, 1.54) is 44.6 Å². The zero-order chi connectivity index (χ0) is 18.9. The largest absolute Gasteiger partial charge is 0.350 e. The van der Waals surface area contributed by atoms with E-state index in [1.54, 1.807) is 6.08 Å². The van der Waals surface area contributed by atoms with Crippen molar-refractivity contribution in [1.29, 1.82) is 0 Å². The molecule has 0 bridgehead atoms. The fourth-order valence-electron chi connectivity index (χ4n) is 4.10. The van der Waals surface area contributed by atoms with Crippen molar-refractivity contribution in [1.82, 2.24) is 15.5 Å². The standard InChI is InChI=1S/C22H31N3O2/c26-21(13-12-18-8-4-3-5-9-18)23-16-22(27)24-19-14-15-25(17-19)20-10-6-1-2-7-11-20/h3-5,8-9,12-13,19-20H,1-2,6-7,10-11,14-17H2,(H,23,26)(H,24,27)/b13-12+. The van der Waals surface area contributed by atoms with Crippen LogP contribution in [0.2, 0.25) is 0 Å². The van der Waals surface area contributed by atoms with Crippen LogP contribution in [0, 0.1) is 0 Å². The van der Waals surface area contributed by atoms with E-state index in [4.69, 9.17) is 0 Å². The summed E-state index contributed by atoms with van der Waals surface area (Å²) < 4.78 is 0. The molecule has 2 N–H and O–H groups in total. The van der Waals surface area contributed by atoms with Gasteiger partial charge >= 0.3 is 0 Å². The number of nitrogens with one attached hydrogen (secondary N) is 2. The van der Waals surface area contributed by atoms with Crippen molar-refractivity contribution in [2.45, 2.75) is 57.0 Å². The SMILES string of the molecule is O=C(/C=C/c1ccccc1)NCC(=O)NC1CCN(C2CCCCCC2)C1. The molecule has 5 nitrogen and oxygen atoms in total. The highest BCUT2D eigenvalue weighted by Gasteiger charge is 2.29. The van der Waals surface area contributed by atoms with E-state index in [9.17, 15) is 9.59 Å². The number of nitrogens with zero attached hydrogens (tertiary/aromatic N) is 1. The summed E-state index contributed by atoms with van der Waals surface area (Å²) in [4.78, 5) is 26.6. The van der Waals surface area contributed by atoms with Gasteiger partial charge in [0, 0.05) is 31.2 Å². The first-order chi connectivity index (χ1) is 13.2. The lowest BCUT2D eigenvalue weighted by molar-refractivity contribution is -0.124. The normalized spacial score (nSPS) is 21.9. The fraction of sp³-hybridized carbons (Fsp3) is 0.545. The minimum absolute atomic E-state index is 0.0257. The second kappa shape index (κ2) is 10.3. The molecule has 27 heavy (non-hydrogen) atoms. The number of carbonyl (C=O) groups excluding carboxylic acids is 2. The number of rotatable bonds is 6. The average molecular weight is 370 g/mol. The van der Waals surface area contributed by atoms with Gasteiger partial charge < -0.3 is 10.6 Å². The van der Waals surface area contributed by atoms with Crippen molar-refractivity contribution in [3.05, 3.63) is 42.0 Å². The molecule has 5 heteroatoms. The lowest BCUT2D eigenvalue weighted by atomic mass is 10.1. The van der Waals surface area contributed by atoms with Crippen LogP contribution in [0.4, 0.5) is 0 Å². The first-order valence-corrected chi connectivity index (χ1v) is 10.2. The molecule has 0 spiro atoms. The molecule has 3 rings (SSSR count). The summed E-state index contributed by atoms with van der Waals surface area (Å²) >= 11 is 0. The van der Waals surface area contributed by atoms with Crippen LogP contribution in [0.25, 0.3) is 6.08 Å². The van der Waals surface area contributed by atoms with E-state index < -0.39 is 0 Å². The monoisotopic (exact) mass is 369 g/mol. The van der Waals surface area contributed by atoms with Crippen LogP contribution >= 0.6 is 0 Å². The summed E-state index contributed by atoms with van der Waals surface area (Å²) in [6, 6.07) is 10.5. The van der Waals surface area contributed by atoms with Gasteiger partial charge in [0.2, 0.25) is 11.8 Å². The summed E-state index contributed by atoms with van der Waals surface area (Å²) in [5, 5.41) is 5.73. The van der Waals surface area contributed by atoms with Crippen LogP contribution in [0.15, 0.2) is 36.4 Å². The van der Waals surface area contributed by atoms with Crippen LogP contribution in [0.5, 0.6) is 0 Å². The predicted molar refractivity (Wildman–Crippen MR) is 108 cm³/mol. The molecule has 1 aliphatic heterocycles. The Hall–Kier alpha value is -2.14. The van der Waals surface area contributed by atoms with Crippen molar-refractivity contribution in [3.63, 3.8) is 0 Å². The Labute approximate surface area is 162 Å². The quantitative estimate of drug-likeness (QED) is 0.599. The number of likely N-dealkylation sites (tertiary alicyclic amines) is 1. The van der Waals surface area contributed by atoms with Gasteiger partial charge in [0.1, 0.15) is 0 Å². The molecule has 2 amide bonds. The van der Waals surface area contributed by atoms with Gasteiger partial charge in [-0.1, -0.05) is 56.0 Å². The zero-order valence-corrected chi connectivity index (χ0v) is 16.0. The highest BCUT2D eigenvalue weighted by atomic mass is 16.2. The average Bonchev–Trinajstić information content (AvgIpc) is 2.97. The van der Waals surface area contributed by atoms with E-state index >= 15 is 0 Å². The second-order valence-electron chi connectivity index (χ2n) is 7.66. The molecule has 1 heterocycles. The maximum atomic E-state index is 12.1. The van der Waals surface area contributed by atoms with Crippen LogP contribution in [0.1, 0.15) is 50.5 Å². The molecule has 146 valence electrons. The Morgan fingerprint density at radius 3 is 2.52 bits per heavy atom. The van der Waals surface area contributed by atoms with Gasteiger partial charge in [-0.15, -0.1) is 0 Å². The molecule has 2 aliphatic rings. The molecule has 1 unspecified atom stereocenters. The number of benzene rings is 1. The maximum Gasteiger partial charge on any atom is 0.244 e. The maximum absolute atomic E-state index is 12.1. The minimum atomic E-state index is -0.250. The van der Waals surface area contributed by atoms with E-state index in [1.807, 2.05) is 30.3 Å². The molecule has 1 aromatic rings. The Balaban J connectivity index is 1.35. The highest BCUT2D eigenvalue weighted by Crippen LogP contribution is 2.24. The molecular weight excluding hydrogens is 338 g/mol. The molecule has 2 fully saturated rings. The molecule has 1 saturated heterocycles. The Bertz CT molecular complexity index is 636. The third-order valence-electron chi connectivity index (χ3n) is 5.58. The second-order valence-corrected chi connectivity index (χ2v) is 7.66. The first-order valence-electron chi connectivity index (χ1n) is 10.2.